The van der Waals surface area contributed by atoms with Crippen molar-refractivity contribution in [1.82, 2.24) is 4.98 Å². The largest absolute Gasteiger partial charge is 0.390 e. The van der Waals surface area contributed by atoms with Crippen molar-refractivity contribution in [2.75, 3.05) is 11.4 Å². The third-order valence-corrected chi connectivity index (χ3v) is 4.70. The maximum absolute atomic E-state index is 9.25. The van der Waals surface area contributed by atoms with Crippen LogP contribution in [-0.2, 0) is 6.61 Å². The maximum Gasteiger partial charge on any atom is 0.129 e. The number of hydrogen-bond acceptors (Lipinski definition) is 3. The molecule has 1 saturated carbocycles. The fourth-order valence-corrected chi connectivity index (χ4v) is 3.60. The van der Waals surface area contributed by atoms with Gasteiger partial charge in [-0.1, -0.05) is 24.4 Å². The number of nitrogens with zero attached hydrogens (tertiary/aromatic N) is 2. The van der Waals surface area contributed by atoms with Gasteiger partial charge in [-0.05, 0) is 37.3 Å². The minimum absolute atomic E-state index is 0.0887. The SMILES string of the molecule is OCc1nc(N2CCC3CCCCC32)ccc1Cl. The predicted molar refractivity (Wildman–Crippen MR) is 72.9 cm³/mol. The molecular formula is C14H19ClN2O. The first-order valence-corrected chi connectivity index (χ1v) is 7.20. The van der Waals surface area contributed by atoms with Crippen molar-refractivity contribution in [3.05, 3.63) is 22.8 Å². The smallest absolute Gasteiger partial charge is 0.129 e. The molecule has 1 N–H and O–H groups in total. The number of hydrogen-bond donors (Lipinski definition) is 1. The van der Waals surface area contributed by atoms with E-state index in [0.717, 1.165) is 18.3 Å². The Bertz CT molecular complexity index is 438. The fourth-order valence-electron chi connectivity index (χ4n) is 3.43. The Morgan fingerprint density at radius 1 is 1.28 bits per heavy atom. The van der Waals surface area contributed by atoms with Crippen LogP contribution in [0.5, 0.6) is 0 Å². The van der Waals surface area contributed by atoms with Crippen LogP contribution in [0.25, 0.3) is 0 Å². The summed E-state index contributed by atoms with van der Waals surface area (Å²) in [4.78, 5) is 6.92. The van der Waals surface area contributed by atoms with E-state index >= 15 is 0 Å². The predicted octanol–water partition coefficient (Wildman–Crippen LogP) is 3.00. The summed E-state index contributed by atoms with van der Waals surface area (Å²) in [6, 6.07) is 4.49. The molecule has 1 aromatic rings. The molecule has 1 aromatic heterocycles. The first kappa shape index (κ1) is 12.2. The lowest BCUT2D eigenvalue weighted by atomic mass is 9.85. The number of rotatable bonds is 2. The minimum atomic E-state index is -0.0887. The second-order valence-corrected chi connectivity index (χ2v) is 5.76. The van der Waals surface area contributed by atoms with Crippen molar-refractivity contribution in [3.63, 3.8) is 0 Å². The first-order chi connectivity index (χ1) is 8.79. The average Bonchev–Trinajstić information content (AvgIpc) is 2.83. The molecule has 1 saturated heterocycles. The van der Waals surface area contributed by atoms with E-state index in [0.29, 0.717) is 16.8 Å². The van der Waals surface area contributed by atoms with Crippen LogP contribution in [-0.4, -0.2) is 22.7 Å². The number of aliphatic hydroxyl groups excluding tert-OH is 1. The topological polar surface area (TPSA) is 36.4 Å². The Kier molecular flexibility index (Phi) is 3.44. The summed E-state index contributed by atoms with van der Waals surface area (Å²) >= 11 is 6.00. The number of aliphatic hydroxyl groups is 1. The monoisotopic (exact) mass is 266 g/mol. The Morgan fingerprint density at radius 3 is 2.94 bits per heavy atom. The van der Waals surface area contributed by atoms with E-state index in [1.165, 1.54) is 32.1 Å². The van der Waals surface area contributed by atoms with E-state index in [1.807, 2.05) is 12.1 Å². The molecule has 2 atom stereocenters. The quantitative estimate of drug-likeness (QED) is 0.894. The number of halogens is 1. The summed E-state index contributed by atoms with van der Waals surface area (Å²) in [5.74, 6) is 1.83. The van der Waals surface area contributed by atoms with Crippen LogP contribution in [0.4, 0.5) is 5.82 Å². The normalized spacial score (nSPS) is 27.3. The molecule has 2 fully saturated rings. The molecule has 2 heterocycles. The highest BCUT2D eigenvalue weighted by Crippen LogP contribution is 2.38. The van der Waals surface area contributed by atoms with Gasteiger partial charge in [0, 0.05) is 12.6 Å². The third-order valence-electron chi connectivity index (χ3n) is 4.36. The van der Waals surface area contributed by atoms with Crippen LogP contribution in [0, 0.1) is 5.92 Å². The van der Waals surface area contributed by atoms with Gasteiger partial charge in [-0.15, -0.1) is 0 Å². The van der Waals surface area contributed by atoms with Gasteiger partial charge in [0.1, 0.15) is 5.82 Å². The third kappa shape index (κ3) is 2.10. The molecule has 3 rings (SSSR count). The van der Waals surface area contributed by atoms with Crippen LogP contribution >= 0.6 is 11.6 Å². The van der Waals surface area contributed by atoms with Gasteiger partial charge in [0.2, 0.25) is 0 Å². The van der Waals surface area contributed by atoms with Crippen LogP contribution in [0.15, 0.2) is 12.1 Å². The summed E-state index contributed by atoms with van der Waals surface area (Å²) in [6.45, 7) is 1.00. The van der Waals surface area contributed by atoms with Crippen LogP contribution in [0.3, 0.4) is 0 Å². The molecule has 0 aromatic carbocycles. The standard InChI is InChI=1S/C14H19ClN2O/c15-11-5-6-14(16-12(11)9-18)17-8-7-10-3-1-2-4-13(10)17/h5-6,10,13,18H,1-4,7-9H2. The van der Waals surface area contributed by atoms with Gasteiger partial charge in [0.05, 0.1) is 17.3 Å². The van der Waals surface area contributed by atoms with Crippen molar-refractivity contribution < 1.29 is 5.11 Å². The lowest BCUT2D eigenvalue weighted by Gasteiger charge is -2.32. The molecule has 0 radical (unpaired) electrons. The van der Waals surface area contributed by atoms with Gasteiger partial charge >= 0.3 is 0 Å². The fraction of sp³-hybridized carbons (Fsp3) is 0.643. The van der Waals surface area contributed by atoms with E-state index < -0.39 is 0 Å². The molecule has 0 bridgehead atoms. The summed E-state index contributed by atoms with van der Waals surface area (Å²) in [5, 5.41) is 9.81. The number of fused-ring (bicyclic) bond motifs is 1. The van der Waals surface area contributed by atoms with Gasteiger partial charge in [0.15, 0.2) is 0 Å². The van der Waals surface area contributed by atoms with Gasteiger partial charge in [-0.3, -0.25) is 0 Å². The highest BCUT2D eigenvalue weighted by Gasteiger charge is 2.36. The molecule has 4 heteroatoms. The molecule has 18 heavy (non-hydrogen) atoms. The van der Waals surface area contributed by atoms with Crippen molar-refractivity contribution >= 4 is 17.4 Å². The van der Waals surface area contributed by atoms with Crippen LogP contribution in [0.1, 0.15) is 37.8 Å². The van der Waals surface area contributed by atoms with Crippen molar-refractivity contribution in [3.8, 4) is 0 Å². The molecular weight excluding hydrogens is 248 g/mol. The number of pyridine rings is 1. The molecule has 1 aliphatic carbocycles. The first-order valence-electron chi connectivity index (χ1n) is 6.82. The highest BCUT2D eigenvalue weighted by atomic mass is 35.5. The Hall–Kier alpha value is -0.800. The molecule has 0 amide bonds. The van der Waals surface area contributed by atoms with Crippen molar-refractivity contribution in [2.24, 2.45) is 5.92 Å². The van der Waals surface area contributed by atoms with Crippen molar-refractivity contribution in [2.45, 2.75) is 44.8 Å². The van der Waals surface area contributed by atoms with Gasteiger partial charge in [-0.2, -0.15) is 0 Å². The molecule has 98 valence electrons. The lowest BCUT2D eigenvalue weighted by Crippen LogP contribution is -2.35. The molecule has 0 spiro atoms. The molecule has 1 aliphatic heterocycles. The Balaban J connectivity index is 1.86. The molecule has 2 unspecified atom stereocenters. The van der Waals surface area contributed by atoms with Crippen LogP contribution < -0.4 is 4.90 Å². The zero-order valence-corrected chi connectivity index (χ0v) is 11.2. The highest BCUT2D eigenvalue weighted by molar-refractivity contribution is 6.31. The van der Waals surface area contributed by atoms with E-state index in [1.54, 1.807) is 0 Å². The Morgan fingerprint density at radius 2 is 2.11 bits per heavy atom. The summed E-state index contributed by atoms with van der Waals surface area (Å²) < 4.78 is 0. The number of anilines is 1. The lowest BCUT2D eigenvalue weighted by molar-refractivity contribution is 0.277. The minimum Gasteiger partial charge on any atom is -0.390 e. The van der Waals surface area contributed by atoms with Gasteiger partial charge in [-0.25, -0.2) is 4.98 Å². The van der Waals surface area contributed by atoms with Gasteiger partial charge < -0.3 is 10.0 Å². The van der Waals surface area contributed by atoms with E-state index in [9.17, 15) is 5.11 Å². The van der Waals surface area contributed by atoms with Crippen molar-refractivity contribution in [1.29, 1.82) is 0 Å². The average molecular weight is 267 g/mol. The van der Waals surface area contributed by atoms with E-state index in [4.69, 9.17) is 11.6 Å². The van der Waals surface area contributed by atoms with E-state index in [2.05, 4.69) is 9.88 Å². The number of aromatic nitrogens is 1. The Labute approximate surface area is 113 Å². The zero-order chi connectivity index (χ0) is 12.5. The summed E-state index contributed by atoms with van der Waals surface area (Å²) in [6.07, 6.45) is 6.64. The summed E-state index contributed by atoms with van der Waals surface area (Å²) in [7, 11) is 0. The van der Waals surface area contributed by atoms with Crippen LogP contribution in [0.2, 0.25) is 5.02 Å². The summed E-state index contributed by atoms with van der Waals surface area (Å²) in [5.41, 5.74) is 0.591. The maximum atomic E-state index is 9.25. The van der Waals surface area contributed by atoms with E-state index in [-0.39, 0.29) is 6.61 Å². The second kappa shape index (κ2) is 5.06. The molecule has 2 aliphatic rings. The zero-order valence-electron chi connectivity index (χ0n) is 10.5. The second-order valence-electron chi connectivity index (χ2n) is 5.35. The molecule has 3 nitrogen and oxygen atoms in total. The van der Waals surface area contributed by atoms with Gasteiger partial charge in [0.25, 0.3) is 0 Å².